The van der Waals surface area contributed by atoms with Gasteiger partial charge >= 0.3 is 0 Å². The number of benzene rings is 1. The quantitative estimate of drug-likeness (QED) is 0.806. The smallest absolute Gasteiger partial charge is 0.124 e. The molecule has 0 radical (unpaired) electrons. The van der Waals surface area contributed by atoms with Gasteiger partial charge in [-0.2, -0.15) is 5.26 Å². The molecule has 0 bridgehead atoms. The molecule has 0 fully saturated rings. The molecule has 2 aromatic rings. The van der Waals surface area contributed by atoms with Gasteiger partial charge in [0.2, 0.25) is 0 Å². The SMILES string of the molecule is CC(C)Oc1ccc(-n2cccc2C#N)cc1. The molecule has 0 aliphatic carbocycles. The van der Waals surface area contributed by atoms with Crippen molar-refractivity contribution in [2.45, 2.75) is 20.0 Å². The second-order valence-corrected chi connectivity index (χ2v) is 4.04. The molecule has 1 heterocycles. The van der Waals surface area contributed by atoms with E-state index in [1.165, 1.54) is 0 Å². The number of hydrogen-bond donors (Lipinski definition) is 0. The number of nitrogens with zero attached hydrogens (tertiary/aromatic N) is 2. The van der Waals surface area contributed by atoms with Gasteiger partial charge in [-0.3, -0.25) is 0 Å². The molecule has 1 aromatic heterocycles. The Morgan fingerprint density at radius 2 is 1.88 bits per heavy atom. The summed E-state index contributed by atoms with van der Waals surface area (Å²) in [7, 11) is 0. The van der Waals surface area contributed by atoms with Crippen molar-refractivity contribution in [3.8, 4) is 17.5 Å². The number of ether oxygens (including phenoxy) is 1. The van der Waals surface area contributed by atoms with Crippen molar-refractivity contribution in [1.82, 2.24) is 4.57 Å². The van der Waals surface area contributed by atoms with Gasteiger partial charge in [0.15, 0.2) is 0 Å². The molecule has 0 N–H and O–H groups in total. The third kappa shape index (κ3) is 2.48. The van der Waals surface area contributed by atoms with Gasteiger partial charge in [-0.25, -0.2) is 0 Å². The van der Waals surface area contributed by atoms with Crippen LogP contribution in [0.15, 0.2) is 42.6 Å². The second-order valence-electron chi connectivity index (χ2n) is 4.04. The molecule has 17 heavy (non-hydrogen) atoms. The summed E-state index contributed by atoms with van der Waals surface area (Å²) in [6, 6.07) is 13.5. The predicted octanol–water partition coefficient (Wildman–Crippen LogP) is 3.14. The molecule has 0 spiro atoms. The molecule has 0 saturated heterocycles. The summed E-state index contributed by atoms with van der Waals surface area (Å²) in [5.74, 6) is 0.842. The lowest BCUT2D eigenvalue weighted by Gasteiger charge is -2.10. The molecule has 0 aliphatic rings. The van der Waals surface area contributed by atoms with E-state index in [-0.39, 0.29) is 6.10 Å². The Balaban J connectivity index is 2.27. The van der Waals surface area contributed by atoms with Crippen LogP contribution in [0.25, 0.3) is 5.69 Å². The monoisotopic (exact) mass is 226 g/mol. The summed E-state index contributed by atoms with van der Waals surface area (Å²) in [4.78, 5) is 0. The van der Waals surface area contributed by atoms with Crippen molar-refractivity contribution < 1.29 is 4.74 Å². The highest BCUT2D eigenvalue weighted by Gasteiger charge is 2.03. The van der Waals surface area contributed by atoms with Gasteiger partial charge in [-0.1, -0.05) is 0 Å². The van der Waals surface area contributed by atoms with Crippen molar-refractivity contribution >= 4 is 0 Å². The molecular formula is C14H14N2O. The Bertz CT molecular complexity index is 532. The topological polar surface area (TPSA) is 38.0 Å². The van der Waals surface area contributed by atoms with Crippen molar-refractivity contribution in [2.24, 2.45) is 0 Å². The first kappa shape index (κ1) is 11.3. The van der Waals surface area contributed by atoms with Crippen LogP contribution in [0, 0.1) is 11.3 Å². The highest BCUT2D eigenvalue weighted by molar-refractivity contribution is 5.42. The summed E-state index contributed by atoms with van der Waals surface area (Å²) in [5.41, 5.74) is 1.59. The largest absolute Gasteiger partial charge is 0.491 e. The van der Waals surface area contributed by atoms with Gasteiger partial charge in [0, 0.05) is 11.9 Å². The van der Waals surface area contributed by atoms with Crippen LogP contribution in [-0.4, -0.2) is 10.7 Å². The third-order valence-electron chi connectivity index (χ3n) is 2.35. The van der Waals surface area contributed by atoms with E-state index in [1.54, 1.807) is 6.07 Å². The average Bonchev–Trinajstić information content (AvgIpc) is 2.77. The molecule has 0 saturated carbocycles. The van der Waals surface area contributed by atoms with E-state index >= 15 is 0 Å². The third-order valence-corrected chi connectivity index (χ3v) is 2.35. The Kier molecular flexibility index (Phi) is 3.15. The van der Waals surface area contributed by atoms with Crippen molar-refractivity contribution in [3.05, 3.63) is 48.3 Å². The molecule has 2 rings (SSSR count). The van der Waals surface area contributed by atoms with E-state index in [9.17, 15) is 0 Å². The molecule has 3 nitrogen and oxygen atoms in total. The zero-order chi connectivity index (χ0) is 12.3. The van der Waals surface area contributed by atoms with Crippen LogP contribution in [0.2, 0.25) is 0 Å². The van der Waals surface area contributed by atoms with E-state index in [0.717, 1.165) is 11.4 Å². The van der Waals surface area contributed by atoms with Crippen LogP contribution in [0.4, 0.5) is 0 Å². The zero-order valence-electron chi connectivity index (χ0n) is 9.92. The summed E-state index contributed by atoms with van der Waals surface area (Å²) in [6.45, 7) is 3.99. The first-order valence-electron chi connectivity index (χ1n) is 5.55. The first-order chi connectivity index (χ1) is 8.20. The second kappa shape index (κ2) is 4.75. The normalized spacial score (nSPS) is 10.2. The maximum Gasteiger partial charge on any atom is 0.124 e. The minimum absolute atomic E-state index is 0.169. The van der Waals surface area contributed by atoms with Gasteiger partial charge in [-0.05, 0) is 50.2 Å². The van der Waals surface area contributed by atoms with Gasteiger partial charge in [0.25, 0.3) is 0 Å². The van der Waals surface area contributed by atoms with Crippen LogP contribution in [0.3, 0.4) is 0 Å². The standard InChI is InChI=1S/C14H14N2O/c1-11(2)17-14-7-5-12(6-8-14)16-9-3-4-13(16)10-15/h3-9,11H,1-2H3. The fraction of sp³-hybridized carbons (Fsp3) is 0.214. The summed E-state index contributed by atoms with van der Waals surface area (Å²) < 4.78 is 7.42. The number of aromatic nitrogens is 1. The summed E-state index contributed by atoms with van der Waals surface area (Å²) in [5, 5.41) is 8.95. The maximum atomic E-state index is 8.95. The van der Waals surface area contributed by atoms with Gasteiger partial charge in [0.05, 0.1) is 6.10 Å². The van der Waals surface area contributed by atoms with E-state index in [0.29, 0.717) is 5.69 Å². The van der Waals surface area contributed by atoms with Crippen molar-refractivity contribution in [2.75, 3.05) is 0 Å². The van der Waals surface area contributed by atoms with E-state index < -0.39 is 0 Å². The Labute approximate surface area is 101 Å². The summed E-state index contributed by atoms with van der Waals surface area (Å²) >= 11 is 0. The van der Waals surface area contributed by atoms with Crippen LogP contribution in [0.1, 0.15) is 19.5 Å². The van der Waals surface area contributed by atoms with Gasteiger partial charge in [0.1, 0.15) is 17.5 Å². The van der Waals surface area contributed by atoms with E-state index in [4.69, 9.17) is 10.00 Å². The lowest BCUT2D eigenvalue weighted by Crippen LogP contribution is -2.05. The number of nitriles is 1. The Hall–Kier alpha value is -2.21. The average molecular weight is 226 g/mol. The van der Waals surface area contributed by atoms with Crippen molar-refractivity contribution in [1.29, 1.82) is 5.26 Å². The Morgan fingerprint density at radius 1 is 1.18 bits per heavy atom. The van der Waals surface area contributed by atoms with Crippen LogP contribution < -0.4 is 4.74 Å². The van der Waals surface area contributed by atoms with E-state index in [2.05, 4.69) is 6.07 Å². The molecule has 86 valence electrons. The van der Waals surface area contributed by atoms with Gasteiger partial charge < -0.3 is 9.30 Å². The minimum Gasteiger partial charge on any atom is -0.491 e. The van der Waals surface area contributed by atoms with Gasteiger partial charge in [-0.15, -0.1) is 0 Å². The molecule has 0 aliphatic heterocycles. The maximum absolute atomic E-state index is 8.95. The zero-order valence-corrected chi connectivity index (χ0v) is 9.92. The van der Waals surface area contributed by atoms with Crippen LogP contribution in [-0.2, 0) is 0 Å². The highest BCUT2D eigenvalue weighted by Crippen LogP contribution is 2.18. The first-order valence-corrected chi connectivity index (χ1v) is 5.55. The molecule has 0 atom stereocenters. The van der Waals surface area contributed by atoms with Crippen LogP contribution in [0.5, 0.6) is 5.75 Å². The molecule has 0 unspecified atom stereocenters. The molecule has 1 aromatic carbocycles. The molecule has 3 heteroatoms. The minimum atomic E-state index is 0.169. The fourth-order valence-electron chi connectivity index (χ4n) is 1.65. The molecular weight excluding hydrogens is 212 g/mol. The Morgan fingerprint density at radius 3 is 2.47 bits per heavy atom. The fourth-order valence-corrected chi connectivity index (χ4v) is 1.65. The lowest BCUT2D eigenvalue weighted by molar-refractivity contribution is 0.242. The predicted molar refractivity (Wildman–Crippen MR) is 66.2 cm³/mol. The van der Waals surface area contributed by atoms with E-state index in [1.807, 2.05) is 54.9 Å². The summed E-state index contributed by atoms with van der Waals surface area (Å²) in [6.07, 6.45) is 2.04. The highest BCUT2D eigenvalue weighted by atomic mass is 16.5. The van der Waals surface area contributed by atoms with Crippen LogP contribution >= 0.6 is 0 Å². The number of hydrogen-bond acceptors (Lipinski definition) is 2. The lowest BCUT2D eigenvalue weighted by atomic mass is 10.3. The molecule has 0 amide bonds. The van der Waals surface area contributed by atoms with Crippen molar-refractivity contribution in [3.63, 3.8) is 0 Å². The number of rotatable bonds is 3.